The van der Waals surface area contributed by atoms with Crippen molar-refractivity contribution in [1.82, 2.24) is 4.90 Å². The minimum absolute atomic E-state index is 0.0487. The molecule has 0 bridgehead atoms. The summed E-state index contributed by atoms with van der Waals surface area (Å²) in [6, 6.07) is 5.77. The van der Waals surface area contributed by atoms with Gasteiger partial charge in [-0.05, 0) is 43.9 Å². The van der Waals surface area contributed by atoms with Crippen molar-refractivity contribution < 1.29 is 9.53 Å². The molecule has 1 unspecified atom stereocenters. The van der Waals surface area contributed by atoms with Gasteiger partial charge in [-0.15, -0.1) is 6.58 Å². The Morgan fingerprint density at radius 2 is 2.24 bits per heavy atom. The van der Waals surface area contributed by atoms with Crippen molar-refractivity contribution >= 4 is 23.4 Å². The number of aliphatic imine (C=N–C) groups is 1. The van der Waals surface area contributed by atoms with Gasteiger partial charge in [0.25, 0.3) is 5.91 Å². The molecule has 1 aromatic rings. The van der Waals surface area contributed by atoms with Crippen LogP contribution in [0.3, 0.4) is 0 Å². The molecule has 1 saturated heterocycles. The summed E-state index contributed by atoms with van der Waals surface area (Å²) in [7, 11) is 2.02. The van der Waals surface area contributed by atoms with Gasteiger partial charge in [0.1, 0.15) is 6.61 Å². The van der Waals surface area contributed by atoms with Crippen molar-refractivity contribution in [2.24, 2.45) is 10.9 Å². The fraction of sp³-hybridized carbons (Fsp3) is 0.400. The summed E-state index contributed by atoms with van der Waals surface area (Å²) in [4.78, 5) is 18.6. The van der Waals surface area contributed by atoms with Crippen LogP contribution in [-0.2, 0) is 22.6 Å². The Morgan fingerprint density at radius 3 is 2.96 bits per heavy atom. The molecule has 1 amide bonds. The van der Waals surface area contributed by atoms with Gasteiger partial charge in [0, 0.05) is 29.4 Å². The Kier molecular flexibility index (Phi) is 4.74. The molecule has 25 heavy (non-hydrogen) atoms. The number of hydrogen-bond donors (Lipinski definition) is 0. The zero-order valence-electron chi connectivity index (χ0n) is 14.9. The van der Waals surface area contributed by atoms with E-state index in [4.69, 9.17) is 16.3 Å². The number of benzene rings is 1. The molecule has 2 aliphatic heterocycles. The lowest BCUT2D eigenvalue weighted by Gasteiger charge is -2.30. The van der Waals surface area contributed by atoms with Crippen LogP contribution in [0, 0.1) is 5.92 Å². The Labute approximate surface area is 153 Å². The molecule has 0 N–H and O–H groups in total. The van der Waals surface area contributed by atoms with Crippen LogP contribution in [0.2, 0.25) is 5.02 Å². The third-order valence-electron chi connectivity index (χ3n) is 5.01. The van der Waals surface area contributed by atoms with E-state index in [1.807, 2.05) is 37.4 Å². The van der Waals surface area contributed by atoms with Crippen LogP contribution in [-0.4, -0.2) is 29.3 Å². The van der Waals surface area contributed by atoms with Crippen molar-refractivity contribution in [3.63, 3.8) is 0 Å². The Hall–Kier alpha value is -2.07. The normalized spacial score (nSPS) is 21.5. The summed E-state index contributed by atoms with van der Waals surface area (Å²) in [5, 5.41) is 0.716. The van der Waals surface area contributed by atoms with Crippen LogP contribution in [0.15, 0.2) is 47.6 Å². The molecular weight excluding hydrogens is 336 g/mol. The number of fused-ring (bicyclic) bond motifs is 1. The number of nitrogens with zero attached hydrogens (tertiary/aromatic N) is 2. The number of likely N-dealkylation sites (tertiary alicyclic amines) is 1. The molecule has 5 heteroatoms. The minimum atomic E-state index is -0.151. The summed E-state index contributed by atoms with van der Waals surface area (Å²) in [5.74, 6) is 0.108. The van der Waals surface area contributed by atoms with Crippen molar-refractivity contribution in [3.05, 3.63) is 58.8 Å². The van der Waals surface area contributed by atoms with E-state index < -0.39 is 0 Å². The molecule has 0 spiro atoms. The first kappa shape index (κ1) is 17.7. The average molecular weight is 359 g/mol. The molecular formula is C20H23ClN2O2. The Morgan fingerprint density at radius 1 is 1.48 bits per heavy atom. The maximum absolute atomic E-state index is 12.4. The third-order valence-corrected chi connectivity index (χ3v) is 5.38. The van der Waals surface area contributed by atoms with E-state index in [0.29, 0.717) is 23.9 Å². The second-order valence-corrected chi connectivity index (χ2v) is 7.60. The summed E-state index contributed by atoms with van der Waals surface area (Å²) in [6.45, 7) is 8.35. The molecule has 2 heterocycles. The molecule has 1 fully saturated rings. The topological polar surface area (TPSA) is 41.9 Å². The number of rotatable bonds is 4. The molecule has 2 aliphatic rings. The first-order valence-electron chi connectivity index (χ1n) is 8.41. The van der Waals surface area contributed by atoms with E-state index in [1.165, 1.54) is 0 Å². The maximum atomic E-state index is 12.4. The number of carbonyl (C=O) groups is 1. The quantitative estimate of drug-likeness (QED) is 0.760. The minimum Gasteiger partial charge on any atom is -0.473 e. The van der Waals surface area contributed by atoms with Gasteiger partial charge in [-0.3, -0.25) is 4.79 Å². The summed E-state index contributed by atoms with van der Waals surface area (Å²) < 4.78 is 5.79. The van der Waals surface area contributed by atoms with Crippen LogP contribution in [0.25, 0.3) is 0 Å². The van der Waals surface area contributed by atoms with E-state index in [0.717, 1.165) is 23.2 Å². The lowest BCUT2D eigenvalue weighted by atomic mass is 9.94. The molecule has 0 aromatic heterocycles. The van der Waals surface area contributed by atoms with Crippen LogP contribution in [0.1, 0.15) is 31.4 Å². The first-order chi connectivity index (χ1) is 11.8. The fourth-order valence-electron chi connectivity index (χ4n) is 3.34. The number of ether oxygens (including phenoxy) is 1. The maximum Gasteiger partial charge on any atom is 0.258 e. The van der Waals surface area contributed by atoms with Crippen molar-refractivity contribution in [2.75, 3.05) is 7.05 Å². The van der Waals surface area contributed by atoms with E-state index >= 15 is 0 Å². The molecule has 0 aliphatic carbocycles. The van der Waals surface area contributed by atoms with Crippen LogP contribution in [0.5, 0.6) is 0 Å². The second-order valence-electron chi connectivity index (χ2n) is 7.19. The zero-order chi connectivity index (χ0) is 18.2. The average Bonchev–Trinajstić information content (AvgIpc) is 2.79. The lowest BCUT2D eigenvalue weighted by Crippen LogP contribution is -2.33. The smallest absolute Gasteiger partial charge is 0.258 e. The third kappa shape index (κ3) is 3.49. The molecule has 132 valence electrons. The van der Waals surface area contributed by atoms with E-state index in [9.17, 15) is 4.79 Å². The standard InChI is InChI=1S/C20H23ClN2O2/c1-5-6-14-9-13(7-8-16(14)21)12-25-18-10-17-15(19(24)22-18)11-20(2,3)23(17)4/h5,7-10,15H,1,6,11-12H2,2-4H3. The predicted octanol–water partition coefficient (Wildman–Crippen LogP) is 4.14. The first-order valence-corrected chi connectivity index (χ1v) is 8.78. The van der Waals surface area contributed by atoms with Gasteiger partial charge in [-0.2, -0.15) is 4.99 Å². The highest BCUT2D eigenvalue weighted by atomic mass is 35.5. The number of dihydropyridines is 1. The van der Waals surface area contributed by atoms with Crippen molar-refractivity contribution in [2.45, 2.75) is 38.8 Å². The Balaban J connectivity index is 1.74. The number of allylic oxidation sites excluding steroid dienone is 1. The van der Waals surface area contributed by atoms with E-state index in [-0.39, 0.29) is 17.4 Å². The number of hydrogen-bond acceptors (Lipinski definition) is 3. The molecule has 1 atom stereocenters. The lowest BCUT2D eigenvalue weighted by molar-refractivity contribution is -0.120. The van der Waals surface area contributed by atoms with E-state index in [2.05, 4.69) is 30.3 Å². The molecule has 1 aromatic carbocycles. The second kappa shape index (κ2) is 6.68. The van der Waals surface area contributed by atoms with Gasteiger partial charge in [-0.1, -0.05) is 29.8 Å². The van der Waals surface area contributed by atoms with E-state index in [1.54, 1.807) is 0 Å². The Bertz CT molecular complexity index is 780. The van der Waals surface area contributed by atoms with Crippen molar-refractivity contribution in [1.29, 1.82) is 0 Å². The SMILES string of the molecule is C=CCc1cc(COC2=NC(=O)C3CC(C)(C)N(C)C3=C2)ccc1Cl. The highest BCUT2D eigenvalue weighted by Crippen LogP contribution is 2.41. The molecule has 3 rings (SSSR count). The highest BCUT2D eigenvalue weighted by molar-refractivity contribution is 6.31. The highest BCUT2D eigenvalue weighted by Gasteiger charge is 2.44. The molecule has 4 nitrogen and oxygen atoms in total. The summed E-state index contributed by atoms with van der Waals surface area (Å²) in [5.41, 5.74) is 2.93. The van der Waals surface area contributed by atoms with Crippen LogP contribution in [0.4, 0.5) is 0 Å². The van der Waals surface area contributed by atoms with Crippen molar-refractivity contribution in [3.8, 4) is 0 Å². The number of amides is 1. The van der Waals surface area contributed by atoms with Gasteiger partial charge in [0.05, 0.1) is 5.92 Å². The van der Waals surface area contributed by atoms with Gasteiger partial charge >= 0.3 is 0 Å². The van der Waals surface area contributed by atoms with Gasteiger partial charge in [0.15, 0.2) is 0 Å². The molecule has 0 radical (unpaired) electrons. The summed E-state index contributed by atoms with van der Waals surface area (Å²) >= 11 is 6.17. The van der Waals surface area contributed by atoms with Gasteiger partial charge in [0.2, 0.25) is 5.90 Å². The largest absolute Gasteiger partial charge is 0.473 e. The molecule has 0 saturated carbocycles. The van der Waals surface area contributed by atoms with Gasteiger partial charge < -0.3 is 9.64 Å². The van der Waals surface area contributed by atoms with Crippen LogP contribution < -0.4 is 0 Å². The number of halogens is 1. The zero-order valence-corrected chi connectivity index (χ0v) is 15.6. The predicted molar refractivity (Wildman–Crippen MR) is 101 cm³/mol. The number of carbonyl (C=O) groups excluding carboxylic acids is 1. The van der Waals surface area contributed by atoms with Crippen LogP contribution >= 0.6 is 11.6 Å². The monoisotopic (exact) mass is 358 g/mol. The van der Waals surface area contributed by atoms with Gasteiger partial charge in [-0.25, -0.2) is 0 Å². The summed E-state index contributed by atoms with van der Waals surface area (Å²) in [6.07, 6.45) is 5.20. The fourth-order valence-corrected chi connectivity index (χ4v) is 3.54.